The maximum absolute atomic E-state index is 12.5. The van der Waals surface area contributed by atoms with Crippen molar-refractivity contribution in [2.45, 2.75) is 32.1 Å². The summed E-state index contributed by atoms with van der Waals surface area (Å²) in [5, 5.41) is 2.82. The van der Waals surface area contributed by atoms with Crippen molar-refractivity contribution in [3.63, 3.8) is 0 Å². The number of amides is 2. The Kier molecular flexibility index (Phi) is 6.98. The lowest BCUT2D eigenvalue weighted by atomic mass is 10.1. The average molecular weight is 399 g/mol. The van der Waals surface area contributed by atoms with Gasteiger partial charge in [0, 0.05) is 37.4 Å². The van der Waals surface area contributed by atoms with Crippen LogP contribution in [0.2, 0.25) is 0 Å². The summed E-state index contributed by atoms with van der Waals surface area (Å²) in [4.78, 5) is 25.7. The van der Waals surface area contributed by atoms with E-state index in [1.807, 2.05) is 47.0 Å². The van der Waals surface area contributed by atoms with Crippen molar-refractivity contribution in [2.24, 2.45) is 0 Å². The van der Waals surface area contributed by atoms with Gasteiger partial charge in [0.1, 0.15) is 11.1 Å². The van der Waals surface area contributed by atoms with Crippen LogP contribution in [0.15, 0.2) is 48.5 Å². The van der Waals surface area contributed by atoms with Gasteiger partial charge in [-0.1, -0.05) is 30.3 Å². The number of anilines is 1. The Morgan fingerprint density at radius 1 is 1.25 bits per heavy atom. The number of hydrogen-bond acceptors (Lipinski definition) is 4. The Labute approximate surface area is 170 Å². The molecule has 1 aliphatic heterocycles. The third kappa shape index (κ3) is 5.29. The Morgan fingerprint density at radius 3 is 2.86 bits per heavy atom. The minimum Gasteiger partial charge on any atom is -0.493 e. The summed E-state index contributed by atoms with van der Waals surface area (Å²) in [6, 6.07) is 15.6. The minimum atomic E-state index is -0.111. The molecule has 0 spiro atoms. The number of ether oxygens (including phenoxy) is 1. The number of nitrogens with zero attached hydrogens (tertiary/aromatic N) is 1. The molecule has 1 unspecified atom stereocenters. The highest BCUT2D eigenvalue weighted by Crippen LogP contribution is 2.38. The smallest absolute Gasteiger partial charge is 0.224 e. The van der Waals surface area contributed by atoms with Crippen LogP contribution in [-0.4, -0.2) is 35.6 Å². The Morgan fingerprint density at radius 2 is 2.07 bits per heavy atom. The third-order valence-corrected chi connectivity index (χ3v) is 5.88. The number of nitrogens with one attached hydrogen (secondary N) is 1. The first-order valence-electron chi connectivity index (χ1n) is 9.51. The lowest BCUT2D eigenvalue weighted by molar-refractivity contribution is -0.132. The summed E-state index contributed by atoms with van der Waals surface area (Å²) >= 11 is 1.83. The first-order valence-corrected chi connectivity index (χ1v) is 10.6. The van der Waals surface area contributed by atoms with Crippen LogP contribution in [0.4, 0.5) is 5.69 Å². The molecule has 0 saturated carbocycles. The van der Waals surface area contributed by atoms with Gasteiger partial charge in [0.05, 0.1) is 6.61 Å². The van der Waals surface area contributed by atoms with E-state index in [9.17, 15) is 9.59 Å². The van der Waals surface area contributed by atoms with E-state index in [4.69, 9.17) is 4.74 Å². The van der Waals surface area contributed by atoms with Crippen LogP contribution in [0.1, 0.15) is 36.3 Å². The number of hydrogen-bond donors (Lipinski definition) is 1. The van der Waals surface area contributed by atoms with E-state index in [1.165, 1.54) is 18.1 Å². The van der Waals surface area contributed by atoms with E-state index in [-0.39, 0.29) is 17.2 Å². The molecule has 1 atom stereocenters. The molecule has 1 saturated heterocycles. The molecule has 1 N–H and O–H groups in total. The van der Waals surface area contributed by atoms with Gasteiger partial charge in [-0.15, -0.1) is 11.8 Å². The van der Waals surface area contributed by atoms with E-state index in [2.05, 4.69) is 24.4 Å². The zero-order chi connectivity index (χ0) is 19.9. The van der Waals surface area contributed by atoms with Crippen LogP contribution in [0.3, 0.4) is 0 Å². The highest BCUT2D eigenvalue weighted by atomic mass is 32.2. The maximum atomic E-state index is 12.5. The van der Waals surface area contributed by atoms with Crippen LogP contribution in [0.25, 0.3) is 0 Å². The molecule has 5 nitrogen and oxygen atoms in total. The molecule has 0 aliphatic carbocycles. The first kappa shape index (κ1) is 20.3. The van der Waals surface area contributed by atoms with E-state index in [0.717, 1.165) is 12.2 Å². The lowest BCUT2D eigenvalue weighted by Gasteiger charge is -2.36. The van der Waals surface area contributed by atoms with Gasteiger partial charge in [-0.05, 0) is 36.6 Å². The largest absolute Gasteiger partial charge is 0.493 e. The van der Waals surface area contributed by atoms with Crippen LogP contribution >= 0.6 is 11.8 Å². The molecule has 2 amide bonds. The molecule has 0 radical (unpaired) electrons. The predicted molar refractivity (Wildman–Crippen MR) is 114 cm³/mol. The van der Waals surface area contributed by atoms with Crippen molar-refractivity contribution in [3.05, 3.63) is 59.7 Å². The Bertz CT molecular complexity index is 840. The molecular weight excluding hydrogens is 372 g/mol. The zero-order valence-electron chi connectivity index (χ0n) is 16.3. The summed E-state index contributed by atoms with van der Waals surface area (Å²) < 4.78 is 5.82. The van der Waals surface area contributed by atoms with Crippen LogP contribution in [0.5, 0.6) is 5.75 Å². The Hall–Kier alpha value is -2.47. The standard InChI is InChI=1S/C22H26N2O3S/c1-16-7-3-4-10-20(16)22-24(21(26)11-14-28-22)12-6-13-27-19-9-5-8-18(15-19)23-17(2)25/h3-5,7-10,15,22H,6,11-14H2,1-2H3,(H,23,25). The highest BCUT2D eigenvalue weighted by Gasteiger charge is 2.30. The predicted octanol–water partition coefficient (Wildman–Crippen LogP) is 4.39. The Balaban J connectivity index is 1.57. The second kappa shape index (κ2) is 9.64. The number of carbonyl (C=O) groups excluding carboxylic acids is 2. The summed E-state index contributed by atoms with van der Waals surface area (Å²) in [5.41, 5.74) is 3.14. The molecule has 2 aromatic carbocycles. The second-order valence-corrected chi connectivity index (χ2v) is 8.02. The fraction of sp³-hybridized carbons (Fsp3) is 0.364. The van der Waals surface area contributed by atoms with Crippen LogP contribution in [0, 0.1) is 6.92 Å². The van der Waals surface area contributed by atoms with Gasteiger partial charge >= 0.3 is 0 Å². The number of carbonyl (C=O) groups is 2. The van der Waals surface area contributed by atoms with Crippen molar-refractivity contribution in [1.82, 2.24) is 4.90 Å². The van der Waals surface area contributed by atoms with Gasteiger partial charge in [0.2, 0.25) is 11.8 Å². The van der Waals surface area contributed by atoms with Crippen molar-refractivity contribution in [3.8, 4) is 5.75 Å². The molecule has 1 heterocycles. The fourth-order valence-corrected chi connectivity index (χ4v) is 4.64. The average Bonchev–Trinajstić information content (AvgIpc) is 2.66. The van der Waals surface area contributed by atoms with Gasteiger partial charge in [-0.3, -0.25) is 9.59 Å². The second-order valence-electron chi connectivity index (χ2n) is 6.83. The normalized spacial score (nSPS) is 16.7. The summed E-state index contributed by atoms with van der Waals surface area (Å²) in [6.45, 7) is 4.75. The van der Waals surface area contributed by atoms with Gasteiger partial charge in [-0.2, -0.15) is 0 Å². The maximum Gasteiger partial charge on any atom is 0.224 e. The molecule has 2 aromatic rings. The minimum absolute atomic E-state index is 0.0746. The summed E-state index contributed by atoms with van der Waals surface area (Å²) in [7, 11) is 0. The third-order valence-electron chi connectivity index (χ3n) is 4.62. The molecule has 148 valence electrons. The number of aryl methyl sites for hydroxylation is 1. The van der Waals surface area contributed by atoms with Gasteiger partial charge in [0.15, 0.2) is 0 Å². The van der Waals surface area contributed by atoms with E-state index < -0.39 is 0 Å². The molecule has 28 heavy (non-hydrogen) atoms. The van der Waals surface area contributed by atoms with E-state index in [0.29, 0.717) is 31.0 Å². The number of rotatable bonds is 7. The quantitative estimate of drug-likeness (QED) is 0.703. The SMILES string of the molecule is CC(=O)Nc1cccc(OCCCN2C(=O)CCSC2c2ccccc2C)c1. The van der Waals surface area contributed by atoms with E-state index in [1.54, 1.807) is 6.07 Å². The molecular formula is C22H26N2O3S. The molecule has 0 bridgehead atoms. The van der Waals surface area contributed by atoms with Crippen molar-refractivity contribution in [1.29, 1.82) is 0 Å². The fourth-order valence-electron chi connectivity index (χ4n) is 3.28. The van der Waals surface area contributed by atoms with Crippen LogP contribution in [-0.2, 0) is 9.59 Å². The van der Waals surface area contributed by atoms with E-state index >= 15 is 0 Å². The number of benzene rings is 2. The zero-order valence-corrected chi connectivity index (χ0v) is 17.1. The number of thioether (sulfide) groups is 1. The van der Waals surface area contributed by atoms with Gasteiger partial charge < -0.3 is 15.0 Å². The summed E-state index contributed by atoms with van der Waals surface area (Å²) in [6.07, 6.45) is 1.34. The topological polar surface area (TPSA) is 58.6 Å². The molecule has 1 aliphatic rings. The summed E-state index contributed by atoms with van der Waals surface area (Å²) in [5.74, 6) is 1.67. The molecule has 3 rings (SSSR count). The monoisotopic (exact) mass is 398 g/mol. The lowest BCUT2D eigenvalue weighted by Crippen LogP contribution is -2.38. The molecule has 1 fully saturated rings. The van der Waals surface area contributed by atoms with Gasteiger partial charge in [0.25, 0.3) is 0 Å². The van der Waals surface area contributed by atoms with Crippen molar-refractivity contribution >= 4 is 29.3 Å². The molecule has 6 heteroatoms. The highest BCUT2D eigenvalue weighted by molar-refractivity contribution is 7.99. The molecule has 0 aromatic heterocycles. The first-order chi connectivity index (χ1) is 13.5. The van der Waals surface area contributed by atoms with Crippen molar-refractivity contribution in [2.75, 3.05) is 24.2 Å². The van der Waals surface area contributed by atoms with Gasteiger partial charge in [-0.25, -0.2) is 0 Å². The van der Waals surface area contributed by atoms with Crippen LogP contribution < -0.4 is 10.1 Å². The van der Waals surface area contributed by atoms with Crippen molar-refractivity contribution < 1.29 is 14.3 Å².